The second-order valence-electron chi connectivity index (χ2n) is 7.43. The number of hydrogen-bond acceptors (Lipinski definition) is 7. The summed E-state index contributed by atoms with van der Waals surface area (Å²) in [6.07, 6.45) is 6.25. The average Bonchev–Trinajstić information content (AvgIpc) is 2.77. The Balaban J connectivity index is 0. The lowest BCUT2D eigenvalue weighted by atomic mass is 9.94. The van der Waals surface area contributed by atoms with Crippen molar-refractivity contribution in [1.29, 1.82) is 0 Å². The van der Waals surface area contributed by atoms with E-state index in [0.717, 1.165) is 32.1 Å². The van der Waals surface area contributed by atoms with Crippen molar-refractivity contribution in [2.24, 2.45) is 11.5 Å². The first-order valence-corrected chi connectivity index (χ1v) is 12.6. The van der Waals surface area contributed by atoms with Crippen LogP contribution in [0, 0.1) is 0 Å². The maximum Gasteiger partial charge on any atom is 0.500 e. The molecule has 0 heterocycles. The fourth-order valence-electron chi connectivity index (χ4n) is 3.39. The molecular formula is C20H44N4O7Si2. The van der Waals surface area contributed by atoms with Gasteiger partial charge in [0.1, 0.15) is 6.61 Å². The molecule has 0 saturated heterocycles. The van der Waals surface area contributed by atoms with Crippen molar-refractivity contribution in [3.63, 3.8) is 0 Å². The molecule has 1 fully saturated rings. The summed E-state index contributed by atoms with van der Waals surface area (Å²) in [5.41, 5.74) is 8.84. The molecule has 33 heavy (non-hydrogen) atoms. The topological polar surface area (TPSA) is 155 Å². The predicted molar refractivity (Wildman–Crippen MR) is 134 cm³/mol. The monoisotopic (exact) mass is 508 g/mol. The van der Waals surface area contributed by atoms with Crippen molar-refractivity contribution in [1.82, 2.24) is 10.2 Å². The molecule has 1 rings (SSSR count). The summed E-state index contributed by atoms with van der Waals surface area (Å²) in [6, 6.07) is -0.0864. The van der Waals surface area contributed by atoms with Crippen LogP contribution in [0.25, 0.3) is 0 Å². The first-order valence-electron chi connectivity index (χ1n) is 10.7. The number of ether oxygens (including phenoxy) is 1. The molecule has 0 spiro atoms. The Morgan fingerprint density at radius 3 is 2.03 bits per heavy atom. The van der Waals surface area contributed by atoms with Crippen LogP contribution < -0.4 is 16.8 Å². The molecule has 0 aromatic rings. The van der Waals surface area contributed by atoms with Crippen LogP contribution in [0.2, 0.25) is 6.04 Å². The van der Waals surface area contributed by atoms with Crippen molar-refractivity contribution >= 4 is 37.8 Å². The largest absolute Gasteiger partial charge is 0.500 e. The van der Waals surface area contributed by atoms with Crippen LogP contribution in [0.4, 0.5) is 9.59 Å². The highest BCUT2D eigenvalue weighted by Crippen LogP contribution is 2.24. The van der Waals surface area contributed by atoms with Gasteiger partial charge in [-0.15, -0.1) is 0 Å². The van der Waals surface area contributed by atoms with Gasteiger partial charge in [0.15, 0.2) is 0 Å². The van der Waals surface area contributed by atoms with E-state index in [1.54, 1.807) is 28.3 Å². The lowest BCUT2D eigenvalue weighted by Gasteiger charge is -2.35. The van der Waals surface area contributed by atoms with Crippen molar-refractivity contribution in [2.45, 2.75) is 57.5 Å². The van der Waals surface area contributed by atoms with E-state index in [1.165, 1.54) is 6.42 Å². The van der Waals surface area contributed by atoms with Crippen LogP contribution in [0.1, 0.15) is 45.4 Å². The number of urea groups is 2. The van der Waals surface area contributed by atoms with Crippen LogP contribution in [0.5, 0.6) is 0 Å². The van der Waals surface area contributed by atoms with Crippen molar-refractivity contribution < 1.29 is 32.4 Å². The van der Waals surface area contributed by atoms with Gasteiger partial charge in [-0.3, -0.25) is 0 Å². The Morgan fingerprint density at radius 2 is 1.58 bits per heavy atom. The third-order valence-corrected chi connectivity index (χ3v) is 7.88. The number of nitrogens with one attached hydrogen (secondary N) is 1. The molecule has 1 saturated carbocycles. The summed E-state index contributed by atoms with van der Waals surface area (Å²) < 4.78 is 21.4. The summed E-state index contributed by atoms with van der Waals surface area (Å²) in [4.78, 5) is 35.1. The van der Waals surface area contributed by atoms with Crippen molar-refractivity contribution in [2.75, 3.05) is 41.0 Å². The minimum absolute atomic E-state index is 0. The Kier molecular flexibility index (Phi) is 18.6. The van der Waals surface area contributed by atoms with Crippen molar-refractivity contribution in [3.05, 3.63) is 12.2 Å². The van der Waals surface area contributed by atoms with Gasteiger partial charge in [0.2, 0.25) is 0 Å². The van der Waals surface area contributed by atoms with Gasteiger partial charge < -0.3 is 39.7 Å². The molecule has 0 unspecified atom stereocenters. The number of amides is 4. The Bertz CT molecular complexity index is 589. The van der Waals surface area contributed by atoms with E-state index >= 15 is 0 Å². The van der Waals surface area contributed by atoms with E-state index in [9.17, 15) is 9.59 Å². The second kappa shape index (κ2) is 18.5. The van der Waals surface area contributed by atoms with Gasteiger partial charge in [0.25, 0.3) is 0 Å². The van der Waals surface area contributed by atoms with Crippen LogP contribution in [0.3, 0.4) is 0 Å². The first-order chi connectivity index (χ1) is 15.1. The van der Waals surface area contributed by atoms with Gasteiger partial charge >= 0.3 is 26.8 Å². The minimum atomic E-state index is -2.65. The molecule has 4 amide bonds. The van der Waals surface area contributed by atoms with Gasteiger partial charge in [-0.05, 0) is 37.2 Å². The van der Waals surface area contributed by atoms with E-state index in [-0.39, 0.29) is 36.2 Å². The zero-order chi connectivity index (χ0) is 24.6. The van der Waals surface area contributed by atoms with E-state index in [2.05, 4.69) is 23.4 Å². The third kappa shape index (κ3) is 14.0. The summed E-state index contributed by atoms with van der Waals surface area (Å²) >= 11 is 0. The number of nitrogens with zero attached hydrogens (tertiary/aromatic N) is 1. The number of carbonyl (C=O) groups is 3. The Labute approximate surface area is 202 Å². The van der Waals surface area contributed by atoms with Gasteiger partial charge in [-0.2, -0.15) is 0 Å². The molecule has 0 aliphatic heterocycles. The quantitative estimate of drug-likeness (QED) is 0.148. The maximum absolute atomic E-state index is 12.8. The average molecular weight is 509 g/mol. The van der Waals surface area contributed by atoms with Crippen LogP contribution in [-0.2, 0) is 22.8 Å². The van der Waals surface area contributed by atoms with Gasteiger partial charge in [0, 0.05) is 45.5 Å². The summed E-state index contributed by atoms with van der Waals surface area (Å²) in [7, 11) is 2.14. The highest BCUT2D eigenvalue weighted by atomic mass is 28.4. The normalized spacial score (nSPS) is 13.6. The molecule has 11 nitrogen and oxygen atoms in total. The highest BCUT2D eigenvalue weighted by molar-refractivity contribution is 6.60. The van der Waals surface area contributed by atoms with E-state index < -0.39 is 20.8 Å². The van der Waals surface area contributed by atoms with Gasteiger partial charge in [0.05, 0.1) is 6.54 Å². The zero-order valence-electron chi connectivity index (χ0n) is 19.8. The minimum Gasteiger partial charge on any atom is -0.460 e. The fraction of sp³-hybridized carbons (Fsp3) is 0.750. The predicted octanol–water partition coefficient (Wildman–Crippen LogP) is 0.290. The van der Waals surface area contributed by atoms with Crippen LogP contribution in [0.15, 0.2) is 12.2 Å². The standard InChI is InChI=1S/C19H36N2O6Si.CH4N2O.H4Si/c1-16(2)18(22)27-14-12-20-19(23)21(17-10-7-6-8-11-17)13-9-15-28(24-3,25-4)26-5;2-1(3)4;/h17H,1,6-15H2,2-5H3,(H,20,23);(H4,2,3,4);1H4. The molecule has 13 heteroatoms. The molecule has 194 valence electrons. The number of rotatable bonds is 12. The Morgan fingerprint density at radius 1 is 1.06 bits per heavy atom. The number of esters is 1. The molecule has 0 radical (unpaired) electrons. The smallest absolute Gasteiger partial charge is 0.460 e. The zero-order valence-corrected chi connectivity index (χ0v) is 20.8. The van der Waals surface area contributed by atoms with Crippen LogP contribution >= 0.6 is 0 Å². The Hall–Kier alpha value is -1.94. The second-order valence-corrected chi connectivity index (χ2v) is 10.5. The fourth-order valence-corrected chi connectivity index (χ4v) is 5.09. The number of primary amides is 2. The number of carbonyl (C=O) groups excluding carboxylic acids is 3. The summed E-state index contributed by atoms with van der Waals surface area (Å²) in [5, 5.41) is 2.86. The van der Waals surface area contributed by atoms with Crippen molar-refractivity contribution in [3.8, 4) is 0 Å². The molecule has 0 aromatic carbocycles. The molecule has 1 aliphatic rings. The first kappa shape index (κ1) is 33.2. The van der Waals surface area contributed by atoms with Crippen LogP contribution in [-0.4, -0.2) is 89.8 Å². The summed E-state index contributed by atoms with van der Waals surface area (Å²) in [5.74, 6) is -0.446. The third-order valence-electron chi connectivity index (χ3n) is 5.05. The van der Waals surface area contributed by atoms with Gasteiger partial charge in [-0.1, -0.05) is 25.8 Å². The molecule has 0 atom stereocenters. The SMILES string of the molecule is C=C(C)C(=O)OCCNC(=O)N(CCC[Si](OC)(OC)OC)C1CCCCC1.NC(N)=O.[SiH4]. The lowest BCUT2D eigenvalue weighted by Crippen LogP contribution is -2.49. The maximum atomic E-state index is 12.8. The molecule has 5 N–H and O–H groups in total. The molecule has 0 bridgehead atoms. The van der Waals surface area contributed by atoms with E-state index in [0.29, 0.717) is 18.2 Å². The number of hydrogen-bond donors (Lipinski definition) is 3. The highest BCUT2D eigenvalue weighted by Gasteiger charge is 2.37. The molecular weight excluding hydrogens is 464 g/mol. The van der Waals surface area contributed by atoms with Gasteiger partial charge in [-0.25, -0.2) is 14.4 Å². The lowest BCUT2D eigenvalue weighted by molar-refractivity contribution is -0.138. The number of nitrogens with two attached hydrogens (primary N) is 2. The molecule has 1 aliphatic carbocycles. The van der Waals surface area contributed by atoms with E-state index in [4.69, 9.17) is 22.8 Å². The van der Waals surface area contributed by atoms with E-state index in [1.807, 2.05) is 4.90 Å². The summed E-state index contributed by atoms with van der Waals surface area (Å²) in [6.45, 7) is 6.13. The molecule has 0 aromatic heterocycles.